The van der Waals surface area contributed by atoms with E-state index in [4.69, 9.17) is 5.11 Å². The highest BCUT2D eigenvalue weighted by molar-refractivity contribution is 7.10. The van der Waals surface area contributed by atoms with Crippen LogP contribution in [0.15, 0.2) is 17.5 Å². The molecule has 1 fully saturated rings. The van der Waals surface area contributed by atoms with Gasteiger partial charge < -0.3 is 10.0 Å². The molecule has 1 aromatic rings. The molecule has 1 atom stereocenters. The summed E-state index contributed by atoms with van der Waals surface area (Å²) in [6.07, 6.45) is 4.05. The molecule has 0 saturated carbocycles. The van der Waals surface area contributed by atoms with E-state index < -0.39 is 5.97 Å². The molecular weight excluding hydrogens is 272 g/mol. The molecule has 110 valence electrons. The molecule has 0 aromatic carbocycles. The van der Waals surface area contributed by atoms with Gasteiger partial charge in [0, 0.05) is 36.6 Å². The Balaban J connectivity index is 1.97. The molecule has 2 rings (SSSR count). The van der Waals surface area contributed by atoms with Crippen LogP contribution in [0.4, 0.5) is 0 Å². The summed E-state index contributed by atoms with van der Waals surface area (Å²) in [5.74, 6) is -0.901. The van der Waals surface area contributed by atoms with Gasteiger partial charge in [-0.1, -0.05) is 0 Å². The van der Waals surface area contributed by atoms with E-state index >= 15 is 0 Å². The van der Waals surface area contributed by atoms with Gasteiger partial charge in [0.25, 0.3) is 0 Å². The quantitative estimate of drug-likeness (QED) is 0.866. The van der Waals surface area contributed by atoms with Crippen LogP contribution >= 0.6 is 11.3 Å². The summed E-state index contributed by atoms with van der Waals surface area (Å²) in [4.78, 5) is 16.7. The van der Waals surface area contributed by atoms with Crippen molar-refractivity contribution in [3.63, 3.8) is 0 Å². The van der Waals surface area contributed by atoms with E-state index in [0.717, 1.165) is 31.7 Å². The van der Waals surface area contributed by atoms with Gasteiger partial charge in [-0.05, 0) is 50.0 Å². The van der Waals surface area contributed by atoms with E-state index in [9.17, 15) is 4.79 Å². The monoisotopic (exact) mass is 294 g/mol. The highest BCUT2D eigenvalue weighted by Crippen LogP contribution is 2.20. The first-order valence-corrected chi connectivity index (χ1v) is 7.83. The standard InChI is InChI=1S/C15H22N2O2S/c1-12-9-16(2)6-3-7-17(12)10-14-8-13(11-20-14)4-5-15(18)19/h4-5,8,11-12H,3,6-7,9-10H2,1-2H3,(H,18,19)/b5-4+. The first kappa shape index (κ1) is 15.2. The number of carboxylic acids is 1. The van der Waals surface area contributed by atoms with E-state index in [-0.39, 0.29) is 0 Å². The molecule has 1 aromatic heterocycles. The number of carbonyl (C=O) groups is 1. The lowest BCUT2D eigenvalue weighted by Crippen LogP contribution is -2.37. The molecule has 2 heterocycles. The molecule has 0 spiro atoms. The second kappa shape index (κ2) is 7.02. The number of likely N-dealkylation sites (N-methyl/N-ethyl adjacent to an activating group) is 1. The minimum absolute atomic E-state index is 0.558. The molecule has 20 heavy (non-hydrogen) atoms. The van der Waals surface area contributed by atoms with Crippen molar-refractivity contribution in [3.8, 4) is 0 Å². The Hall–Kier alpha value is -1.17. The van der Waals surface area contributed by atoms with Gasteiger partial charge in [0.2, 0.25) is 0 Å². The van der Waals surface area contributed by atoms with Crippen LogP contribution in [0.25, 0.3) is 6.08 Å². The zero-order valence-corrected chi connectivity index (χ0v) is 12.9. The number of carboxylic acid groups (broad SMARTS) is 1. The van der Waals surface area contributed by atoms with Gasteiger partial charge in [-0.25, -0.2) is 4.79 Å². The highest BCUT2D eigenvalue weighted by atomic mass is 32.1. The fourth-order valence-electron chi connectivity index (χ4n) is 2.59. The molecular formula is C15H22N2O2S. The van der Waals surface area contributed by atoms with Gasteiger partial charge in [0.15, 0.2) is 0 Å². The Kier molecular flexibility index (Phi) is 5.34. The van der Waals surface area contributed by atoms with Crippen molar-refractivity contribution in [2.75, 3.05) is 26.7 Å². The van der Waals surface area contributed by atoms with Crippen LogP contribution in [0.1, 0.15) is 23.8 Å². The van der Waals surface area contributed by atoms with Crippen molar-refractivity contribution in [2.24, 2.45) is 0 Å². The first-order chi connectivity index (χ1) is 9.54. The van der Waals surface area contributed by atoms with Gasteiger partial charge in [-0.3, -0.25) is 4.90 Å². The summed E-state index contributed by atoms with van der Waals surface area (Å²) in [5.41, 5.74) is 0.979. The van der Waals surface area contributed by atoms with Crippen molar-refractivity contribution in [2.45, 2.75) is 25.9 Å². The van der Waals surface area contributed by atoms with Crippen LogP contribution in [0, 0.1) is 0 Å². The Morgan fingerprint density at radius 1 is 1.55 bits per heavy atom. The number of aliphatic carboxylic acids is 1. The SMILES string of the molecule is CC1CN(C)CCCN1Cc1cc(/C=C/C(=O)O)cs1. The molecule has 1 aliphatic rings. The van der Waals surface area contributed by atoms with E-state index in [1.54, 1.807) is 17.4 Å². The number of thiophene rings is 1. The number of hydrogen-bond acceptors (Lipinski definition) is 4. The summed E-state index contributed by atoms with van der Waals surface area (Å²) < 4.78 is 0. The highest BCUT2D eigenvalue weighted by Gasteiger charge is 2.19. The minimum atomic E-state index is -0.901. The summed E-state index contributed by atoms with van der Waals surface area (Å²) in [6, 6.07) is 2.65. The first-order valence-electron chi connectivity index (χ1n) is 6.95. The van der Waals surface area contributed by atoms with Crippen molar-refractivity contribution >= 4 is 23.4 Å². The molecule has 1 unspecified atom stereocenters. The number of nitrogens with zero attached hydrogens (tertiary/aromatic N) is 2. The van der Waals surface area contributed by atoms with Gasteiger partial charge in [0.05, 0.1) is 0 Å². The Bertz CT molecular complexity index is 484. The van der Waals surface area contributed by atoms with E-state index in [1.165, 1.54) is 17.4 Å². The second-order valence-corrected chi connectivity index (χ2v) is 6.45. The van der Waals surface area contributed by atoms with Gasteiger partial charge >= 0.3 is 5.97 Å². The van der Waals surface area contributed by atoms with Crippen molar-refractivity contribution in [1.82, 2.24) is 9.80 Å². The molecule has 1 aliphatic heterocycles. The molecule has 4 nitrogen and oxygen atoms in total. The van der Waals surface area contributed by atoms with E-state index in [2.05, 4.69) is 29.8 Å². The predicted molar refractivity (Wildman–Crippen MR) is 83.0 cm³/mol. The third-order valence-electron chi connectivity index (χ3n) is 3.64. The van der Waals surface area contributed by atoms with Crippen LogP contribution in [0.3, 0.4) is 0 Å². The summed E-state index contributed by atoms with van der Waals surface area (Å²) >= 11 is 1.71. The van der Waals surface area contributed by atoms with Gasteiger partial charge in [-0.2, -0.15) is 0 Å². The smallest absolute Gasteiger partial charge is 0.328 e. The van der Waals surface area contributed by atoms with Crippen molar-refractivity contribution in [1.29, 1.82) is 0 Å². The zero-order chi connectivity index (χ0) is 14.5. The van der Waals surface area contributed by atoms with E-state index in [1.807, 2.05) is 5.38 Å². The van der Waals surface area contributed by atoms with Crippen molar-refractivity contribution in [3.05, 3.63) is 28.0 Å². The third-order valence-corrected chi connectivity index (χ3v) is 4.58. The number of rotatable bonds is 4. The fraction of sp³-hybridized carbons (Fsp3) is 0.533. The van der Waals surface area contributed by atoms with Gasteiger partial charge in [-0.15, -0.1) is 11.3 Å². The largest absolute Gasteiger partial charge is 0.478 e. The maximum absolute atomic E-state index is 10.5. The average Bonchev–Trinajstić information content (AvgIpc) is 2.76. The summed E-state index contributed by atoms with van der Waals surface area (Å²) in [6.45, 7) is 6.64. The molecule has 1 N–H and O–H groups in total. The maximum atomic E-state index is 10.5. The van der Waals surface area contributed by atoms with Crippen LogP contribution in [-0.2, 0) is 11.3 Å². The molecule has 0 bridgehead atoms. The Morgan fingerprint density at radius 2 is 2.35 bits per heavy atom. The minimum Gasteiger partial charge on any atom is -0.478 e. The predicted octanol–water partition coefficient (Wildman–Crippen LogP) is 2.37. The van der Waals surface area contributed by atoms with Crippen LogP contribution in [0.5, 0.6) is 0 Å². The molecule has 0 amide bonds. The number of hydrogen-bond donors (Lipinski definition) is 1. The lowest BCUT2D eigenvalue weighted by molar-refractivity contribution is -0.131. The maximum Gasteiger partial charge on any atom is 0.328 e. The van der Waals surface area contributed by atoms with Crippen LogP contribution in [-0.4, -0.2) is 53.6 Å². The topological polar surface area (TPSA) is 43.8 Å². The van der Waals surface area contributed by atoms with Gasteiger partial charge in [0.1, 0.15) is 0 Å². The van der Waals surface area contributed by atoms with Crippen LogP contribution in [0.2, 0.25) is 0 Å². The van der Waals surface area contributed by atoms with E-state index in [0.29, 0.717) is 6.04 Å². The molecule has 5 heteroatoms. The molecule has 1 saturated heterocycles. The normalized spacial score (nSPS) is 22.2. The third kappa shape index (κ3) is 4.44. The fourth-order valence-corrected chi connectivity index (χ4v) is 3.47. The summed E-state index contributed by atoms with van der Waals surface area (Å²) in [7, 11) is 2.18. The summed E-state index contributed by atoms with van der Waals surface area (Å²) in [5, 5.41) is 10.7. The Labute approximate surface area is 124 Å². The van der Waals surface area contributed by atoms with Crippen molar-refractivity contribution < 1.29 is 9.90 Å². The molecule has 0 radical (unpaired) electrons. The lowest BCUT2D eigenvalue weighted by atomic mass is 10.2. The van der Waals surface area contributed by atoms with Crippen LogP contribution < -0.4 is 0 Å². The average molecular weight is 294 g/mol. The lowest BCUT2D eigenvalue weighted by Gasteiger charge is -2.27. The second-order valence-electron chi connectivity index (χ2n) is 5.45. The zero-order valence-electron chi connectivity index (χ0n) is 12.1. The molecule has 0 aliphatic carbocycles. The Morgan fingerprint density at radius 3 is 3.10 bits per heavy atom.